The lowest BCUT2D eigenvalue weighted by molar-refractivity contribution is -0.152. The molecule has 0 aromatic heterocycles. The number of hydrogen-bond acceptors (Lipinski definition) is 2. The van der Waals surface area contributed by atoms with Crippen molar-refractivity contribution in [1.29, 1.82) is 0 Å². The largest absolute Gasteiger partial charge is 0.345 e. The number of nitrogens with zero attached hydrogens (tertiary/aromatic N) is 1. The lowest BCUT2D eigenvalue weighted by atomic mass is 9.92. The minimum Gasteiger partial charge on any atom is -0.345 e. The summed E-state index contributed by atoms with van der Waals surface area (Å²) < 4.78 is 0. The molecule has 0 bridgehead atoms. The maximum Gasteiger partial charge on any atom is 0.247 e. The number of piperazine rings is 1. The number of amides is 2. The van der Waals surface area contributed by atoms with E-state index in [4.69, 9.17) is 0 Å². The first-order valence-electron chi connectivity index (χ1n) is 6.62. The Morgan fingerprint density at radius 2 is 1.89 bits per heavy atom. The minimum atomic E-state index is -0.530. The van der Waals surface area contributed by atoms with Crippen LogP contribution in [-0.2, 0) is 9.59 Å². The summed E-state index contributed by atoms with van der Waals surface area (Å²) in [4.78, 5) is 26.2. The van der Waals surface area contributed by atoms with Gasteiger partial charge in [0.1, 0.15) is 6.04 Å². The van der Waals surface area contributed by atoms with Crippen molar-refractivity contribution in [2.24, 2.45) is 0 Å². The van der Waals surface area contributed by atoms with Crippen LogP contribution in [0.25, 0.3) is 0 Å². The molecular formula is C15H20N2O2. The van der Waals surface area contributed by atoms with Gasteiger partial charge in [-0.1, -0.05) is 37.3 Å². The van der Waals surface area contributed by atoms with E-state index in [1.165, 1.54) is 0 Å². The van der Waals surface area contributed by atoms with Crippen LogP contribution in [0.2, 0.25) is 0 Å². The third-order valence-electron chi connectivity index (χ3n) is 3.82. The molecule has 0 spiro atoms. The van der Waals surface area contributed by atoms with Crippen molar-refractivity contribution in [2.45, 2.75) is 38.8 Å². The minimum absolute atomic E-state index is 0.0275. The molecule has 1 fully saturated rings. The van der Waals surface area contributed by atoms with Crippen LogP contribution in [0.4, 0.5) is 0 Å². The molecule has 2 rings (SSSR count). The molecule has 1 heterocycles. The Labute approximate surface area is 113 Å². The first-order chi connectivity index (χ1) is 8.97. The average molecular weight is 260 g/mol. The molecule has 1 aromatic rings. The number of carbonyl (C=O) groups is 2. The summed E-state index contributed by atoms with van der Waals surface area (Å²) in [5, 5.41) is 2.68. The van der Waals surface area contributed by atoms with E-state index < -0.39 is 6.04 Å². The number of carbonyl (C=O) groups excluding carboxylic acids is 2. The third kappa shape index (κ3) is 2.48. The fourth-order valence-corrected chi connectivity index (χ4v) is 2.40. The summed E-state index contributed by atoms with van der Waals surface area (Å²) in [6.07, 6.45) is 0.801. The zero-order valence-corrected chi connectivity index (χ0v) is 11.6. The van der Waals surface area contributed by atoms with Gasteiger partial charge in [-0.05, 0) is 25.8 Å². The molecule has 1 unspecified atom stereocenters. The van der Waals surface area contributed by atoms with Gasteiger partial charge in [0, 0.05) is 5.54 Å². The second-order valence-electron chi connectivity index (χ2n) is 5.46. The standard InChI is InChI=1S/C15H20N2O2/c1-4-15(2,3)17-12(18)10-16-14(19)13(17)11-8-6-5-7-9-11/h5-9,13H,4,10H2,1-3H3,(H,16,19). The Kier molecular flexibility index (Phi) is 3.60. The van der Waals surface area contributed by atoms with E-state index in [0.717, 1.165) is 12.0 Å². The second-order valence-corrected chi connectivity index (χ2v) is 5.46. The van der Waals surface area contributed by atoms with Crippen molar-refractivity contribution >= 4 is 11.8 Å². The second kappa shape index (κ2) is 5.03. The molecule has 4 heteroatoms. The Morgan fingerprint density at radius 3 is 2.47 bits per heavy atom. The van der Waals surface area contributed by atoms with Gasteiger partial charge < -0.3 is 10.2 Å². The number of hydrogen-bond donors (Lipinski definition) is 1. The van der Waals surface area contributed by atoms with Gasteiger partial charge in [0.2, 0.25) is 11.8 Å². The highest BCUT2D eigenvalue weighted by molar-refractivity contribution is 5.95. The Hall–Kier alpha value is -1.84. The predicted molar refractivity (Wildman–Crippen MR) is 73.4 cm³/mol. The first kappa shape index (κ1) is 13.6. The van der Waals surface area contributed by atoms with Crippen molar-refractivity contribution < 1.29 is 9.59 Å². The molecule has 102 valence electrons. The summed E-state index contributed by atoms with van der Waals surface area (Å²) in [7, 11) is 0. The van der Waals surface area contributed by atoms with Gasteiger partial charge in [0.25, 0.3) is 0 Å². The molecule has 1 aliphatic rings. The lowest BCUT2D eigenvalue weighted by Crippen LogP contribution is -2.60. The normalized spacial score (nSPS) is 20.4. The molecule has 1 atom stereocenters. The third-order valence-corrected chi connectivity index (χ3v) is 3.82. The fraction of sp³-hybridized carbons (Fsp3) is 0.467. The first-order valence-corrected chi connectivity index (χ1v) is 6.62. The Bertz CT molecular complexity index is 482. The van der Waals surface area contributed by atoms with E-state index in [0.29, 0.717) is 0 Å². The summed E-state index contributed by atoms with van der Waals surface area (Å²) in [6.45, 7) is 6.12. The molecule has 19 heavy (non-hydrogen) atoms. The van der Waals surface area contributed by atoms with Gasteiger partial charge in [0.05, 0.1) is 6.54 Å². The van der Waals surface area contributed by atoms with E-state index in [1.54, 1.807) is 4.90 Å². The number of nitrogens with one attached hydrogen (secondary N) is 1. The maximum atomic E-state index is 12.2. The van der Waals surface area contributed by atoms with Crippen LogP contribution < -0.4 is 5.32 Å². The molecule has 4 nitrogen and oxygen atoms in total. The summed E-state index contributed by atoms with van der Waals surface area (Å²) >= 11 is 0. The van der Waals surface area contributed by atoms with Crippen molar-refractivity contribution in [3.8, 4) is 0 Å². The quantitative estimate of drug-likeness (QED) is 0.902. The van der Waals surface area contributed by atoms with Crippen LogP contribution in [0.3, 0.4) is 0 Å². The van der Waals surface area contributed by atoms with Crippen molar-refractivity contribution in [3.05, 3.63) is 35.9 Å². The van der Waals surface area contributed by atoms with Gasteiger partial charge in [0.15, 0.2) is 0 Å². The highest BCUT2D eigenvalue weighted by Gasteiger charge is 2.42. The molecule has 1 aromatic carbocycles. The fourth-order valence-electron chi connectivity index (χ4n) is 2.40. The average Bonchev–Trinajstić information content (AvgIpc) is 2.41. The van der Waals surface area contributed by atoms with E-state index in [2.05, 4.69) is 5.32 Å². The van der Waals surface area contributed by atoms with Crippen LogP contribution in [0.5, 0.6) is 0 Å². The zero-order valence-electron chi connectivity index (χ0n) is 11.6. The van der Waals surface area contributed by atoms with Crippen LogP contribution in [-0.4, -0.2) is 28.8 Å². The molecular weight excluding hydrogens is 240 g/mol. The highest BCUT2D eigenvalue weighted by Crippen LogP contribution is 2.32. The Balaban J connectivity index is 2.46. The van der Waals surface area contributed by atoms with Crippen LogP contribution >= 0.6 is 0 Å². The van der Waals surface area contributed by atoms with E-state index in [-0.39, 0.29) is 23.9 Å². The van der Waals surface area contributed by atoms with Gasteiger partial charge in [-0.15, -0.1) is 0 Å². The van der Waals surface area contributed by atoms with E-state index in [1.807, 2.05) is 51.1 Å². The van der Waals surface area contributed by atoms with Crippen molar-refractivity contribution in [1.82, 2.24) is 10.2 Å². The monoisotopic (exact) mass is 260 g/mol. The van der Waals surface area contributed by atoms with E-state index >= 15 is 0 Å². The number of benzene rings is 1. The zero-order chi connectivity index (χ0) is 14.0. The molecule has 0 radical (unpaired) electrons. The van der Waals surface area contributed by atoms with Gasteiger partial charge >= 0.3 is 0 Å². The molecule has 0 aliphatic carbocycles. The van der Waals surface area contributed by atoms with Gasteiger partial charge in [-0.2, -0.15) is 0 Å². The molecule has 2 amide bonds. The lowest BCUT2D eigenvalue weighted by Gasteiger charge is -2.45. The van der Waals surface area contributed by atoms with Crippen molar-refractivity contribution in [2.75, 3.05) is 6.54 Å². The highest BCUT2D eigenvalue weighted by atomic mass is 16.2. The van der Waals surface area contributed by atoms with Crippen molar-refractivity contribution in [3.63, 3.8) is 0 Å². The van der Waals surface area contributed by atoms with E-state index in [9.17, 15) is 9.59 Å². The van der Waals surface area contributed by atoms with Crippen LogP contribution in [0.1, 0.15) is 38.8 Å². The molecule has 1 aliphatic heterocycles. The van der Waals surface area contributed by atoms with Gasteiger partial charge in [-0.25, -0.2) is 0 Å². The Morgan fingerprint density at radius 1 is 1.26 bits per heavy atom. The maximum absolute atomic E-state index is 12.2. The van der Waals surface area contributed by atoms with Crippen LogP contribution in [0, 0.1) is 0 Å². The summed E-state index contributed by atoms with van der Waals surface area (Å²) in [6, 6.07) is 8.93. The predicted octanol–water partition coefficient (Wildman–Crippen LogP) is 1.87. The van der Waals surface area contributed by atoms with Gasteiger partial charge in [-0.3, -0.25) is 9.59 Å². The van der Waals surface area contributed by atoms with Crippen LogP contribution in [0.15, 0.2) is 30.3 Å². The molecule has 0 saturated carbocycles. The topological polar surface area (TPSA) is 49.4 Å². The number of rotatable bonds is 3. The smallest absolute Gasteiger partial charge is 0.247 e. The summed E-state index contributed by atoms with van der Waals surface area (Å²) in [5.74, 6) is -0.132. The molecule has 1 saturated heterocycles. The summed E-state index contributed by atoms with van der Waals surface area (Å²) in [5.41, 5.74) is 0.518. The SMILES string of the molecule is CCC(C)(C)N1C(=O)CNC(=O)C1c1ccccc1. The molecule has 1 N–H and O–H groups in total.